The average molecular weight is 338 g/mol. The largest absolute Gasteiger partial charge is 0.326 e. The number of aromatic nitrogens is 4. The molecule has 2 N–H and O–H groups in total. The van der Waals surface area contributed by atoms with Gasteiger partial charge >= 0.3 is 0 Å². The number of anilines is 2. The van der Waals surface area contributed by atoms with Crippen LogP contribution in [-0.4, -0.2) is 31.4 Å². The highest BCUT2D eigenvalue weighted by molar-refractivity contribution is 6.02. The van der Waals surface area contributed by atoms with Crippen LogP contribution in [0.2, 0.25) is 0 Å². The first-order valence-electron chi connectivity index (χ1n) is 7.84. The van der Waals surface area contributed by atoms with Gasteiger partial charge in [-0.15, -0.1) is 5.10 Å². The number of carbonyl (C=O) groups excluding carboxylic acids is 2. The van der Waals surface area contributed by atoms with Crippen LogP contribution in [0.4, 0.5) is 11.4 Å². The summed E-state index contributed by atoms with van der Waals surface area (Å²) in [7, 11) is 0. The van der Waals surface area contributed by atoms with E-state index in [0.717, 1.165) is 5.69 Å². The van der Waals surface area contributed by atoms with E-state index in [1.165, 1.54) is 4.52 Å². The molecule has 0 radical (unpaired) electrons. The quantitative estimate of drug-likeness (QED) is 0.760. The van der Waals surface area contributed by atoms with Crippen molar-refractivity contribution in [3.05, 3.63) is 48.0 Å². The third kappa shape index (κ3) is 3.63. The maximum Gasteiger partial charge on any atom is 0.295 e. The molecule has 3 rings (SSSR count). The molecule has 8 nitrogen and oxygen atoms in total. The lowest BCUT2D eigenvalue weighted by Gasteiger charge is -2.08. The number of hydrogen-bond acceptors (Lipinski definition) is 5. The first kappa shape index (κ1) is 16.6. The Kier molecular flexibility index (Phi) is 4.42. The number of aryl methyl sites for hydroxylation is 1. The molecule has 0 saturated carbocycles. The number of rotatable bonds is 4. The smallest absolute Gasteiger partial charge is 0.295 e. The van der Waals surface area contributed by atoms with Gasteiger partial charge in [-0.25, -0.2) is 9.50 Å². The van der Waals surface area contributed by atoms with E-state index in [0.29, 0.717) is 17.2 Å². The highest BCUT2D eigenvalue weighted by atomic mass is 16.2. The summed E-state index contributed by atoms with van der Waals surface area (Å²) in [5.41, 5.74) is 2.08. The number of amides is 2. The molecule has 8 heteroatoms. The van der Waals surface area contributed by atoms with Crippen molar-refractivity contribution in [2.24, 2.45) is 5.92 Å². The fourth-order valence-corrected chi connectivity index (χ4v) is 2.11. The summed E-state index contributed by atoms with van der Waals surface area (Å²) in [6.07, 6.45) is 1.62. The molecule has 0 saturated heterocycles. The van der Waals surface area contributed by atoms with Gasteiger partial charge in [-0.05, 0) is 37.3 Å². The number of nitrogens with one attached hydrogen (secondary N) is 2. The third-order valence-corrected chi connectivity index (χ3v) is 3.57. The maximum atomic E-state index is 12.3. The molecule has 2 aromatic heterocycles. The molecule has 0 aliphatic carbocycles. The summed E-state index contributed by atoms with van der Waals surface area (Å²) in [6.45, 7) is 5.50. The van der Waals surface area contributed by atoms with E-state index in [2.05, 4.69) is 25.7 Å². The van der Waals surface area contributed by atoms with Crippen LogP contribution in [0.3, 0.4) is 0 Å². The fraction of sp³-hybridized carbons (Fsp3) is 0.235. The first-order valence-corrected chi connectivity index (χ1v) is 7.84. The van der Waals surface area contributed by atoms with Crippen molar-refractivity contribution in [1.82, 2.24) is 19.6 Å². The minimum atomic E-state index is -0.427. The zero-order valence-electron chi connectivity index (χ0n) is 14.1. The van der Waals surface area contributed by atoms with Gasteiger partial charge in [0, 0.05) is 29.2 Å². The molecule has 0 aliphatic rings. The summed E-state index contributed by atoms with van der Waals surface area (Å²) in [5, 5.41) is 9.67. The molecule has 0 bridgehead atoms. The van der Waals surface area contributed by atoms with Gasteiger partial charge < -0.3 is 10.6 Å². The molecule has 25 heavy (non-hydrogen) atoms. The number of nitrogens with zero attached hydrogens (tertiary/aromatic N) is 4. The second kappa shape index (κ2) is 6.68. The summed E-state index contributed by atoms with van der Waals surface area (Å²) < 4.78 is 1.51. The molecule has 0 atom stereocenters. The van der Waals surface area contributed by atoms with Crippen molar-refractivity contribution in [2.45, 2.75) is 20.8 Å². The van der Waals surface area contributed by atoms with Crippen LogP contribution in [0.15, 0.2) is 36.5 Å². The van der Waals surface area contributed by atoms with Gasteiger partial charge in [-0.2, -0.15) is 4.98 Å². The Morgan fingerprint density at radius 1 is 1.04 bits per heavy atom. The predicted octanol–water partition coefficient (Wildman–Crippen LogP) is 2.28. The van der Waals surface area contributed by atoms with Crippen molar-refractivity contribution < 1.29 is 9.59 Å². The van der Waals surface area contributed by atoms with Crippen molar-refractivity contribution in [3.8, 4) is 0 Å². The molecule has 0 aliphatic heterocycles. The second-order valence-corrected chi connectivity index (χ2v) is 5.91. The van der Waals surface area contributed by atoms with E-state index >= 15 is 0 Å². The predicted molar refractivity (Wildman–Crippen MR) is 93.4 cm³/mol. The van der Waals surface area contributed by atoms with E-state index in [4.69, 9.17) is 0 Å². The van der Waals surface area contributed by atoms with Crippen LogP contribution in [0, 0.1) is 12.8 Å². The Hall–Kier alpha value is -3.29. The summed E-state index contributed by atoms with van der Waals surface area (Å²) in [4.78, 5) is 32.2. The molecular formula is C17H18N6O2. The average Bonchev–Trinajstić information content (AvgIpc) is 3.02. The van der Waals surface area contributed by atoms with E-state index < -0.39 is 5.91 Å². The zero-order chi connectivity index (χ0) is 18.0. The molecule has 128 valence electrons. The Morgan fingerprint density at radius 3 is 2.28 bits per heavy atom. The van der Waals surface area contributed by atoms with Crippen molar-refractivity contribution >= 4 is 29.0 Å². The standard InChI is InChI=1S/C17H18N6O2/c1-10(2)15(24)19-12-4-6-13(7-5-12)20-16(25)14-21-17-18-9-8-11(3)23(17)22-14/h4-10H,1-3H3,(H,19,24)(H,20,25). The van der Waals surface area contributed by atoms with E-state index in [1.54, 1.807) is 36.5 Å². The van der Waals surface area contributed by atoms with Gasteiger partial charge in [0.15, 0.2) is 0 Å². The van der Waals surface area contributed by atoms with Gasteiger partial charge in [0.2, 0.25) is 11.7 Å². The first-order chi connectivity index (χ1) is 11.9. The monoisotopic (exact) mass is 338 g/mol. The van der Waals surface area contributed by atoms with Gasteiger partial charge in [-0.3, -0.25) is 9.59 Å². The lowest BCUT2D eigenvalue weighted by molar-refractivity contribution is -0.118. The van der Waals surface area contributed by atoms with Crippen molar-refractivity contribution in [1.29, 1.82) is 0 Å². The van der Waals surface area contributed by atoms with Crippen molar-refractivity contribution in [3.63, 3.8) is 0 Å². The second-order valence-electron chi connectivity index (χ2n) is 5.91. The number of carbonyl (C=O) groups is 2. The lowest BCUT2D eigenvalue weighted by Crippen LogP contribution is -2.18. The van der Waals surface area contributed by atoms with Crippen LogP contribution in [0.25, 0.3) is 5.78 Å². The highest BCUT2D eigenvalue weighted by Crippen LogP contribution is 2.15. The van der Waals surface area contributed by atoms with Gasteiger partial charge in [-0.1, -0.05) is 13.8 Å². The van der Waals surface area contributed by atoms with Gasteiger partial charge in [0.1, 0.15) is 0 Å². The van der Waals surface area contributed by atoms with Crippen LogP contribution >= 0.6 is 0 Å². The van der Waals surface area contributed by atoms with Crippen LogP contribution in [0.5, 0.6) is 0 Å². The summed E-state index contributed by atoms with van der Waals surface area (Å²) in [6, 6.07) is 8.63. The zero-order valence-corrected chi connectivity index (χ0v) is 14.1. The minimum absolute atomic E-state index is 0.0407. The molecule has 1 aromatic carbocycles. The number of hydrogen-bond donors (Lipinski definition) is 2. The Balaban J connectivity index is 1.72. The van der Waals surface area contributed by atoms with Gasteiger partial charge in [0.25, 0.3) is 11.7 Å². The van der Waals surface area contributed by atoms with Crippen molar-refractivity contribution in [2.75, 3.05) is 10.6 Å². The number of benzene rings is 1. The lowest BCUT2D eigenvalue weighted by atomic mass is 10.2. The third-order valence-electron chi connectivity index (χ3n) is 3.57. The van der Waals surface area contributed by atoms with Crippen LogP contribution in [-0.2, 0) is 4.79 Å². The SMILES string of the molecule is Cc1ccnc2nc(C(=O)Nc3ccc(NC(=O)C(C)C)cc3)nn12. The highest BCUT2D eigenvalue weighted by Gasteiger charge is 2.14. The van der Waals surface area contributed by atoms with Gasteiger partial charge in [0.05, 0.1) is 0 Å². The normalized spacial score (nSPS) is 10.9. The molecule has 2 heterocycles. The molecule has 0 spiro atoms. The van der Waals surface area contributed by atoms with E-state index in [9.17, 15) is 9.59 Å². The van der Waals surface area contributed by atoms with Crippen LogP contribution < -0.4 is 10.6 Å². The Bertz CT molecular complexity index is 930. The molecule has 3 aromatic rings. The van der Waals surface area contributed by atoms with Crippen LogP contribution in [0.1, 0.15) is 30.2 Å². The molecular weight excluding hydrogens is 320 g/mol. The Labute approximate surface area is 144 Å². The molecule has 2 amide bonds. The van der Waals surface area contributed by atoms with E-state index in [-0.39, 0.29) is 17.6 Å². The summed E-state index contributed by atoms with van der Waals surface area (Å²) in [5.74, 6) is -0.175. The maximum absolute atomic E-state index is 12.3. The molecule has 0 unspecified atom stereocenters. The fourth-order valence-electron chi connectivity index (χ4n) is 2.11. The van der Waals surface area contributed by atoms with E-state index in [1.807, 2.05) is 20.8 Å². The topological polar surface area (TPSA) is 101 Å². The summed E-state index contributed by atoms with van der Waals surface area (Å²) >= 11 is 0. The number of fused-ring (bicyclic) bond motifs is 1. The minimum Gasteiger partial charge on any atom is -0.326 e. The Morgan fingerprint density at radius 2 is 1.68 bits per heavy atom. The molecule has 0 fully saturated rings.